The van der Waals surface area contributed by atoms with Gasteiger partial charge in [0.05, 0.1) is 25.8 Å². The second-order valence-corrected chi connectivity index (χ2v) is 6.58. The van der Waals surface area contributed by atoms with Crippen molar-refractivity contribution in [3.05, 3.63) is 48.4 Å². The van der Waals surface area contributed by atoms with Gasteiger partial charge in [-0.25, -0.2) is 0 Å². The van der Waals surface area contributed by atoms with Gasteiger partial charge in [-0.2, -0.15) is 0 Å². The summed E-state index contributed by atoms with van der Waals surface area (Å²) >= 11 is 0. The fourth-order valence-electron chi connectivity index (χ4n) is 2.99. The molecule has 7 nitrogen and oxygen atoms in total. The maximum Gasteiger partial charge on any atom is 0.227 e. The molecule has 0 unspecified atom stereocenters. The molecule has 1 aromatic carbocycles. The van der Waals surface area contributed by atoms with E-state index < -0.39 is 11.5 Å². The molecule has 2 N–H and O–H groups in total. The molecule has 2 heterocycles. The monoisotopic (exact) mass is 358 g/mol. The number of anilines is 1. The molecule has 1 aromatic heterocycles. The van der Waals surface area contributed by atoms with Gasteiger partial charge in [0.1, 0.15) is 17.1 Å². The molecule has 26 heavy (non-hydrogen) atoms. The number of nitrogens with one attached hydrogen (secondary N) is 1. The van der Waals surface area contributed by atoms with E-state index >= 15 is 0 Å². The first-order valence-corrected chi connectivity index (χ1v) is 8.39. The number of carbonyl (C=O) groups is 2. The first-order chi connectivity index (χ1) is 12.4. The van der Waals surface area contributed by atoms with Gasteiger partial charge in [-0.15, -0.1) is 0 Å². The normalized spacial score (nSPS) is 19.3. The van der Waals surface area contributed by atoms with Crippen molar-refractivity contribution >= 4 is 17.5 Å². The third kappa shape index (κ3) is 3.72. The second-order valence-electron chi connectivity index (χ2n) is 6.58. The van der Waals surface area contributed by atoms with Gasteiger partial charge in [-0.1, -0.05) is 6.07 Å². The van der Waals surface area contributed by atoms with Crippen molar-refractivity contribution < 1.29 is 23.8 Å². The summed E-state index contributed by atoms with van der Waals surface area (Å²) in [5.74, 6) is 0.170. The highest BCUT2D eigenvalue weighted by Crippen LogP contribution is 2.28. The van der Waals surface area contributed by atoms with Crippen molar-refractivity contribution in [3.63, 3.8) is 0 Å². The van der Waals surface area contributed by atoms with Crippen LogP contribution in [0.15, 0.2) is 47.1 Å². The smallest absolute Gasteiger partial charge is 0.227 e. The Bertz CT molecular complexity index is 785. The number of carbonyl (C=O) groups excluding carboxylic acids is 2. The Hall–Kier alpha value is -2.80. The van der Waals surface area contributed by atoms with Gasteiger partial charge in [0.25, 0.3) is 0 Å². The van der Waals surface area contributed by atoms with Crippen LogP contribution in [0.3, 0.4) is 0 Å². The van der Waals surface area contributed by atoms with Crippen LogP contribution in [0.25, 0.3) is 0 Å². The van der Waals surface area contributed by atoms with Crippen LogP contribution in [0.4, 0.5) is 5.69 Å². The van der Waals surface area contributed by atoms with Crippen LogP contribution in [0.2, 0.25) is 0 Å². The fourth-order valence-corrected chi connectivity index (χ4v) is 2.99. The van der Waals surface area contributed by atoms with Crippen LogP contribution in [0.1, 0.15) is 19.1 Å². The standard InChI is InChI=1S/C19H22N2O5/c1-19(24,16-7-4-8-26-16)12-20-18(23)13-9-17(22)21(11-13)14-5-3-6-15(10-14)25-2/h3-8,10,13,24H,9,11-12H2,1-2H3,(H,20,23)/t13-,19+/m1/s1. The SMILES string of the molecule is COc1cccc(N2C[C@H](C(=O)NC[C@](C)(O)c3ccco3)CC2=O)c1. The molecule has 3 rings (SSSR count). The summed E-state index contributed by atoms with van der Waals surface area (Å²) in [7, 11) is 1.56. The van der Waals surface area contributed by atoms with Gasteiger partial charge in [-0.3, -0.25) is 9.59 Å². The Balaban J connectivity index is 1.62. The Morgan fingerprint density at radius 1 is 1.42 bits per heavy atom. The zero-order chi connectivity index (χ0) is 18.7. The number of amides is 2. The van der Waals surface area contributed by atoms with E-state index in [-0.39, 0.29) is 24.8 Å². The molecule has 1 aliphatic heterocycles. The van der Waals surface area contributed by atoms with Crippen molar-refractivity contribution in [3.8, 4) is 5.75 Å². The third-order valence-electron chi connectivity index (χ3n) is 4.52. The van der Waals surface area contributed by atoms with E-state index in [1.807, 2.05) is 6.07 Å². The average Bonchev–Trinajstić information content (AvgIpc) is 3.30. The van der Waals surface area contributed by atoms with Gasteiger partial charge in [0.15, 0.2) is 0 Å². The van der Waals surface area contributed by atoms with Gasteiger partial charge >= 0.3 is 0 Å². The summed E-state index contributed by atoms with van der Waals surface area (Å²) in [6, 6.07) is 10.5. The first-order valence-electron chi connectivity index (χ1n) is 8.39. The summed E-state index contributed by atoms with van der Waals surface area (Å²) in [5.41, 5.74) is -0.610. The van der Waals surface area contributed by atoms with E-state index in [4.69, 9.17) is 9.15 Å². The number of methoxy groups -OCH3 is 1. The van der Waals surface area contributed by atoms with Crippen LogP contribution < -0.4 is 15.0 Å². The number of aliphatic hydroxyl groups is 1. The topological polar surface area (TPSA) is 92.0 Å². The minimum atomic E-state index is -1.31. The first kappa shape index (κ1) is 18.0. The highest BCUT2D eigenvalue weighted by atomic mass is 16.5. The third-order valence-corrected chi connectivity index (χ3v) is 4.52. The Kier molecular flexibility index (Phi) is 4.99. The Morgan fingerprint density at radius 2 is 2.23 bits per heavy atom. The molecule has 138 valence electrons. The number of hydrogen-bond acceptors (Lipinski definition) is 5. The van der Waals surface area contributed by atoms with Crippen LogP contribution in [-0.4, -0.2) is 37.1 Å². The molecule has 0 radical (unpaired) electrons. The quantitative estimate of drug-likeness (QED) is 0.819. The Labute approximate surface area is 151 Å². The molecule has 0 bridgehead atoms. The lowest BCUT2D eigenvalue weighted by molar-refractivity contribution is -0.127. The molecule has 2 aromatic rings. The second kappa shape index (κ2) is 7.21. The van der Waals surface area contributed by atoms with Crippen LogP contribution >= 0.6 is 0 Å². The molecule has 0 spiro atoms. The van der Waals surface area contributed by atoms with E-state index in [0.29, 0.717) is 23.7 Å². The lowest BCUT2D eigenvalue weighted by Gasteiger charge is -2.22. The minimum Gasteiger partial charge on any atom is -0.497 e. The molecular formula is C19H22N2O5. The molecule has 1 aliphatic rings. The zero-order valence-electron chi connectivity index (χ0n) is 14.8. The maximum atomic E-state index is 12.5. The molecule has 0 aliphatic carbocycles. The van der Waals surface area contributed by atoms with Crippen molar-refractivity contribution in [1.82, 2.24) is 5.32 Å². The lowest BCUT2D eigenvalue weighted by Crippen LogP contribution is -2.41. The van der Waals surface area contributed by atoms with E-state index in [2.05, 4.69) is 5.32 Å². The number of benzene rings is 1. The van der Waals surface area contributed by atoms with Gasteiger partial charge in [0, 0.05) is 24.7 Å². The number of furan rings is 1. The lowest BCUT2D eigenvalue weighted by atomic mass is 10.0. The van der Waals surface area contributed by atoms with Gasteiger partial charge in [0.2, 0.25) is 11.8 Å². The zero-order valence-corrected chi connectivity index (χ0v) is 14.8. The molecule has 2 atom stereocenters. The molecule has 1 fully saturated rings. The summed E-state index contributed by atoms with van der Waals surface area (Å²) in [6.07, 6.45) is 1.60. The maximum absolute atomic E-state index is 12.5. The average molecular weight is 358 g/mol. The number of nitrogens with zero attached hydrogens (tertiary/aromatic N) is 1. The van der Waals surface area contributed by atoms with Gasteiger partial charge < -0.3 is 24.5 Å². The predicted octanol–water partition coefficient (Wildman–Crippen LogP) is 1.67. The predicted molar refractivity (Wildman–Crippen MR) is 94.7 cm³/mol. The van der Waals surface area contributed by atoms with Crippen molar-refractivity contribution in [1.29, 1.82) is 0 Å². The highest BCUT2D eigenvalue weighted by Gasteiger charge is 2.36. The summed E-state index contributed by atoms with van der Waals surface area (Å²) in [5, 5.41) is 13.1. The fraction of sp³-hybridized carbons (Fsp3) is 0.368. The summed E-state index contributed by atoms with van der Waals surface area (Å²) < 4.78 is 10.4. The van der Waals surface area contributed by atoms with Crippen molar-refractivity contribution in [2.24, 2.45) is 5.92 Å². The molecule has 7 heteroatoms. The minimum absolute atomic E-state index is 0.00317. The highest BCUT2D eigenvalue weighted by molar-refractivity contribution is 6.00. The van der Waals surface area contributed by atoms with Crippen LogP contribution in [-0.2, 0) is 15.2 Å². The molecule has 0 saturated carbocycles. The number of rotatable bonds is 6. The summed E-state index contributed by atoms with van der Waals surface area (Å²) in [4.78, 5) is 26.3. The van der Waals surface area contributed by atoms with Crippen LogP contribution in [0, 0.1) is 5.92 Å². The number of ether oxygens (including phenoxy) is 1. The van der Waals surface area contributed by atoms with Crippen molar-refractivity contribution in [2.45, 2.75) is 18.9 Å². The van der Waals surface area contributed by atoms with E-state index in [9.17, 15) is 14.7 Å². The van der Waals surface area contributed by atoms with E-state index in [1.165, 1.54) is 6.26 Å². The van der Waals surface area contributed by atoms with Gasteiger partial charge in [-0.05, 0) is 31.2 Å². The molecule has 2 amide bonds. The molecular weight excluding hydrogens is 336 g/mol. The van der Waals surface area contributed by atoms with E-state index in [1.54, 1.807) is 49.3 Å². The number of hydrogen-bond donors (Lipinski definition) is 2. The molecule has 1 saturated heterocycles. The Morgan fingerprint density at radius 3 is 2.92 bits per heavy atom. The van der Waals surface area contributed by atoms with Crippen LogP contribution in [0.5, 0.6) is 5.75 Å². The largest absolute Gasteiger partial charge is 0.497 e. The van der Waals surface area contributed by atoms with Crippen molar-refractivity contribution in [2.75, 3.05) is 25.1 Å². The van der Waals surface area contributed by atoms with E-state index in [0.717, 1.165) is 0 Å². The summed E-state index contributed by atoms with van der Waals surface area (Å²) in [6.45, 7) is 1.86.